The third-order valence-electron chi connectivity index (χ3n) is 1.82. The molecule has 0 amide bonds. The lowest BCUT2D eigenvalue weighted by molar-refractivity contribution is -0.384. The highest BCUT2D eigenvalue weighted by Gasteiger charge is 2.07. The summed E-state index contributed by atoms with van der Waals surface area (Å²) in [7, 11) is 0. The predicted octanol–water partition coefficient (Wildman–Crippen LogP) is 2.61. The monoisotopic (exact) mass is 226 g/mol. The van der Waals surface area contributed by atoms with Crippen LogP contribution in [0.3, 0.4) is 0 Å². The highest BCUT2D eigenvalue weighted by molar-refractivity contribution is 6.32. The lowest BCUT2D eigenvalue weighted by Crippen LogP contribution is -1.95. The van der Waals surface area contributed by atoms with E-state index >= 15 is 0 Å². The molecule has 0 aliphatic carbocycles. The third kappa shape index (κ3) is 3.34. The molecule has 0 bridgehead atoms. The maximum absolute atomic E-state index is 10.5. The average Bonchev–Trinajstić information content (AvgIpc) is 2.20. The van der Waals surface area contributed by atoms with Crippen molar-refractivity contribution in [1.29, 1.82) is 0 Å². The van der Waals surface area contributed by atoms with Crippen molar-refractivity contribution >= 4 is 23.4 Å². The first-order valence-electron chi connectivity index (χ1n) is 4.45. The Morgan fingerprint density at radius 2 is 2.27 bits per heavy atom. The Hall–Kier alpha value is -1.39. The van der Waals surface area contributed by atoms with Crippen molar-refractivity contribution in [3.05, 3.63) is 45.0 Å². The van der Waals surface area contributed by atoms with Crippen LogP contribution in [0.4, 0.5) is 5.69 Å². The molecule has 0 aliphatic rings. The lowest BCUT2D eigenvalue weighted by Gasteiger charge is -1.98. The van der Waals surface area contributed by atoms with Gasteiger partial charge in [-0.05, 0) is 24.6 Å². The number of halogens is 1. The fourth-order valence-corrected chi connectivity index (χ4v) is 1.26. The van der Waals surface area contributed by atoms with Gasteiger partial charge < -0.3 is 5.73 Å². The van der Waals surface area contributed by atoms with E-state index < -0.39 is 4.92 Å². The van der Waals surface area contributed by atoms with Gasteiger partial charge in [-0.2, -0.15) is 0 Å². The number of nitrogens with two attached hydrogens (primary N) is 1. The number of hydrogen-bond donors (Lipinski definition) is 1. The molecule has 0 saturated heterocycles. The Labute approximate surface area is 92.5 Å². The second-order valence-corrected chi connectivity index (χ2v) is 3.35. The van der Waals surface area contributed by atoms with Gasteiger partial charge in [0.25, 0.3) is 5.69 Å². The lowest BCUT2D eigenvalue weighted by atomic mass is 10.2. The fraction of sp³-hybridized carbons (Fsp3) is 0.200. The zero-order valence-electron chi connectivity index (χ0n) is 8.02. The van der Waals surface area contributed by atoms with Crippen LogP contribution >= 0.6 is 11.6 Å². The molecule has 80 valence electrons. The van der Waals surface area contributed by atoms with Gasteiger partial charge in [0.1, 0.15) is 0 Å². The van der Waals surface area contributed by atoms with Gasteiger partial charge in [0.05, 0.1) is 4.92 Å². The molecule has 1 rings (SSSR count). The van der Waals surface area contributed by atoms with Crippen molar-refractivity contribution in [2.45, 2.75) is 6.42 Å². The highest BCUT2D eigenvalue weighted by Crippen LogP contribution is 2.23. The summed E-state index contributed by atoms with van der Waals surface area (Å²) in [6.07, 6.45) is 4.30. The van der Waals surface area contributed by atoms with E-state index in [1.165, 1.54) is 18.2 Å². The number of nitro groups is 1. The van der Waals surface area contributed by atoms with E-state index in [-0.39, 0.29) is 5.69 Å². The molecular weight excluding hydrogens is 216 g/mol. The van der Waals surface area contributed by atoms with Crippen LogP contribution in [0.1, 0.15) is 12.0 Å². The van der Waals surface area contributed by atoms with Gasteiger partial charge in [-0.15, -0.1) is 0 Å². The number of nitro benzene ring substituents is 1. The van der Waals surface area contributed by atoms with Crippen LogP contribution in [0.5, 0.6) is 0 Å². The molecule has 0 radical (unpaired) electrons. The van der Waals surface area contributed by atoms with Crippen molar-refractivity contribution < 1.29 is 4.92 Å². The fourth-order valence-electron chi connectivity index (χ4n) is 1.08. The SMILES string of the molecule is NCCC=Cc1cc([N+](=O)[O-])ccc1Cl. The second-order valence-electron chi connectivity index (χ2n) is 2.94. The molecule has 1 aromatic rings. The first-order valence-corrected chi connectivity index (χ1v) is 4.83. The molecule has 0 aromatic heterocycles. The molecule has 0 aliphatic heterocycles. The van der Waals surface area contributed by atoms with Crippen LogP contribution in [0.2, 0.25) is 5.02 Å². The molecule has 0 fully saturated rings. The van der Waals surface area contributed by atoms with Crippen LogP contribution in [-0.4, -0.2) is 11.5 Å². The van der Waals surface area contributed by atoms with E-state index in [4.69, 9.17) is 17.3 Å². The highest BCUT2D eigenvalue weighted by atomic mass is 35.5. The van der Waals surface area contributed by atoms with Crippen LogP contribution in [0, 0.1) is 10.1 Å². The Balaban J connectivity index is 2.95. The zero-order chi connectivity index (χ0) is 11.3. The van der Waals surface area contributed by atoms with Crippen LogP contribution < -0.4 is 5.73 Å². The topological polar surface area (TPSA) is 69.2 Å². The summed E-state index contributed by atoms with van der Waals surface area (Å²) in [5, 5.41) is 11.0. The van der Waals surface area contributed by atoms with Gasteiger partial charge in [-0.1, -0.05) is 23.8 Å². The maximum atomic E-state index is 10.5. The average molecular weight is 227 g/mol. The van der Waals surface area contributed by atoms with Crippen molar-refractivity contribution in [2.75, 3.05) is 6.54 Å². The summed E-state index contributed by atoms with van der Waals surface area (Å²) in [5.74, 6) is 0. The third-order valence-corrected chi connectivity index (χ3v) is 2.17. The van der Waals surface area contributed by atoms with Crippen molar-refractivity contribution in [3.8, 4) is 0 Å². The van der Waals surface area contributed by atoms with Crippen LogP contribution in [-0.2, 0) is 0 Å². The minimum Gasteiger partial charge on any atom is -0.330 e. The zero-order valence-corrected chi connectivity index (χ0v) is 8.78. The summed E-state index contributed by atoms with van der Waals surface area (Å²) in [5.41, 5.74) is 5.99. The molecule has 4 nitrogen and oxygen atoms in total. The van der Waals surface area contributed by atoms with Crippen LogP contribution in [0.25, 0.3) is 6.08 Å². The number of rotatable bonds is 4. The van der Waals surface area contributed by atoms with E-state index in [1.807, 2.05) is 6.08 Å². The van der Waals surface area contributed by atoms with E-state index in [0.717, 1.165) is 6.42 Å². The van der Waals surface area contributed by atoms with E-state index in [9.17, 15) is 10.1 Å². The predicted molar refractivity (Wildman–Crippen MR) is 60.8 cm³/mol. The normalized spacial score (nSPS) is 10.8. The first kappa shape index (κ1) is 11.7. The molecule has 0 saturated carbocycles. The number of hydrogen-bond acceptors (Lipinski definition) is 3. The molecule has 5 heteroatoms. The van der Waals surface area contributed by atoms with Gasteiger partial charge in [-0.3, -0.25) is 10.1 Å². The molecule has 1 aromatic carbocycles. The summed E-state index contributed by atoms with van der Waals surface area (Å²) in [6, 6.07) is 4.33. The Kier molecular flexibility index (Phi) is 4.27. The minimum atomic E-state index is -0.448. The summed E-state index contributed by atoms with van der Waals surface area (Å²) < 4.78 is 0. The Bertz CT molecular complexity index is 391. The molecule has 0 atom stereocenters. The van der Waals surface area contributed by atoms with Gasteiger partial charge in [0.2, 0.25) is 0 Å². The smallest absolute Gasteiger partial charge is 0.270 e. The maximum Gasteiger partial charge on any atom is 0.270 e. The second kappa shape index (κ2) is 5.48. The van der Waals surface area contributed by atoms with E-state index in [1.54, 1.807) is 6.08 Å². The standard InChI is InChI=1S/C10H11ClN2O2/c11-10-5-4-9(13(14)15)7-8(10)3-1-2-6-12/h1,3-5,7H,2,6,12H2. The van der Waals surface area contributed by atoms with E-state index in [0.29, 0.717) is 17.1 Å². The summed E-state index contributed by atoms with van der Waals surface area (Å²) in [6.45, 7) is 0.545. The molecule has 2 N–H and O–H groups in total. The van der Waals surface area contributed by atoms with Crippen molar-refractivity contribution in [2.24, 2.45) is 5.73 Å². The van der Waals surface area contributed by atoms with Crippen molar-refractivity contribution in [3.63, 3.8) is 0 Å². The molecule has 0 unspecified atom stereocenters. The quantitative estimate of drug-likeness (QED) is 0.634. The minimum absolute atomic E-state index is 0.0341. The van der Waals surface area contributed by atoms with Gasteiger partial charge in [0, 0.05) is 17.2 Å². The van der Waals surface area contributed by atoms with Gasteiger partial charge >= 0.3 is 0 Å². The van der Waals surface area contributed by atoms with Gasteiger partial charge in [0.15, 0.2) is 0 Å². The van der Waals surface area contributed by atoms with Crippen molar-refractivity contribution in [1.82, 2.24) is 0 Å². The Morgan fingerprint density at radius 3 is 2.87 bits per heavy atom. The van der Waals surface area contributed by atoms with Gasteiger partial charge in [-0.25, -0.2) is 0 Å². The van der Waals surface area contributed by atoms with E-state index in [2.05, 4.69) is 0 Å². The summed E-state index contributed by atoms with van der Waals surface area (Å²) >= 11 is 5.87. The number of nitrogens with zero attached hydrogens (tertiary/aromatic N) is 1. The number of non-ortho nitro benzene ring substituents is 1. The van der Waals surface area contributed by atoms with Crippen LogP contribution in [0.15, 0.2) is 24.3 Å². The molecule has 15 heavy (non-hydrogen) atoms. The Morgan fingerprint density at radius 1 is 1.53 bits per heavy atom. The molecular formula is C10H11ClN2O2. The largest absolute Gasteiger partial charge is 0.330 e. The summed E-state index contributed by atoms with van der Waals surface area (Å²) in [4.78, 5) is 10.1. The first-order chi connectivity index (χ1) is 7.15. The molecule has 0 heterocycles. The molecule has 0 spiro atoms. The number of benzene rings is 1.